The third kappa shape index (κ3) is 7.59. The van der Waals surface area contributed by atoms with Crippen LogP contribution in [0, 0.1) is 64.2 Å². The monoisotopic (exact) mass is 838 g/mol. The van der Waals surface area contributed by atoms with E-state index in [-0.39, 0.29) is 19.5 Å². The number of benzene rings is 4. The first kappa shape index (κ1) is 40.8. The largest absolute Gasteiger partial charge is 2.00 e. The number of fused-ring (bicyclic) bond motifs is 8. The predicted molar refractivity (Wildman–Crippen MR) is 246 cm³/mol. The Bertz CT molecular complexity index is 2950. The first-order valence-corrected chi connectivity index (χ1v) is 20.2. The number of nitriles is 2. The average molecular weight is 840 g/mol. The van der Waals surface area contributed by atoms with Gasteiger partial charge in [-0.1, -0.05) is 108 Å². The van der Waals surface area contributed by atoms with Gasteiger partial charge in [0, 0.05) is 0 Å². The third-order valence-corrected chi connectivity index (χ3v) is 11.5. The van der Waals surface area contributed by atoms with Crippen molar-refractivity contribution in [2.24, 2.45) is 0 Å². The molecule has 0 atom stereocenters. The van der Waals surface area contributed by atoms with E-state index in [1.165, 1.54) is 11.1 Å². The normalized spacial score (nSPS) is 11.6. The summed E-state index contributed by atoms with van der Waals surface area (Å²) in [5.74, 6) is 0. The Hall–Kier alpha value is -6.92. The van der Waals surface area contributed by atoms with Crippen LogP contribution in [0.1, 0.15) is 67.3 Å². The van der Waals surface area contributed by atoms with E-state index in [0.717, 1.165) is 123 Å². The third-order valence-electron chi connectivity index (χ3n) is 11.5. The molecule has 0 saturated carbocycles. The Labute approximate surface area is 369 Å². The van der Waals surface area contributed by atoms with Gasteiger partial charge in [-0.25, -0.2) is 9.97 Å². The first-order valence-electron chi connectivity index (χ1n) is 20.2. The summed E-state index contributed by atoms with van der Waals surface area (Å²) in [4.78, 5) is 21.8. The molecule has 0 unspecified atom stereocenters. The molecule has 0 fully saturated rings. The molecule has 0 spiro atoms. The smallest absolute Gasteiger partial charge is 0.657 e. The van der Waals surface area contributed by atoms with Crippen molar-refractivity contribution >= 4 is 46.4 Å². The molecule has 6 nitrogen and oxygen atoms in total. The fourth-order valence-corrected chi connectivity index (χ4v) is 9.10. The number of aryl methyl sites for hydroxylation is 6. The molecule has 0 N–H and O–H groups in total. The fourth-order valence-electron chi connectivity index (χ4n) is 9.10. The zero-order valence-electron chi connectivity index (χ0n) is 35.4. The molecule has 2 aliphatic rings. The predicted octanol–water partition coefficient (Wildman–Crippen LogP) is 12.6. The summed E-state index contributed by atoms with van der Waals surface area (Å²) in [5.41, 5.74) is 23.2. The summed E-state index contributed by atoms with van der Waals surface area (Å²) in [6.45, 7) is 12.9. The van der Waals surface area contributed by atoms with Crippen LogP contribution in [0.4, 0.5) is 0 Å². The van der Waals surface area contributed by atoms with Gasteiger partial charge in [-0.05, 0) is 144 Å². The van der Waals surface area contributed by atoms with Crippen LogP contribution in [0.25, 0.3) is 90.9 Å². The SMILES string of the molecule is Cc1cc(C)c(-c2c3nc(c(-c4ccc(CC#N)cc4)c4ccc([n-]4)c(-c4c(C)cc(C)cc4C)c4nc(c(-c5ccc(CC#N)cc5)c5ccc2[n-]5)C=C4)C=C3)c(C)c1.[Zn+2]. The second kappa shape index (κ2) is 16.6. The van der Waals surface area contributed by atoms with E-state index in [2.05, 4.69) is 151 Å². The second-order valence-corrected chi connectivity index (χ2v) is 16.0. The molecule has 3 aromatic heterocycles. The Morgan fingerprint density at radius 1 is 0.410 bits per heavy atom. The van der Waals surface area contributed by atoms with Gasteiger partial charge in [0.25, 0.3) is 0 Å². The van der Waals surface area contributed by atoms with Crippen molar-refractivity contribution in [1.82, 2.24) is 19.9 Å². The van der Waals surface area contributed by atoms with Crippen LogP contribution in [0.15, 0.2) is 97.1 Å². The first-order chi connectivity index (χ1) is 29.1. The van der Waals surface area contributed by atoms with Crippen LogP contribution in [0.3, 0.4) is 0 Å². The Morgan fingerprint density at radius 2 is 0.705 bits per heavy atom. The van der Waals surface area contributed by atoms with Gasteiger partial charge in [0.2, 0.25) is 0 Å². The average Bonchev–Trinajstić information content (AvgIpc) is 4.06. The maximum Gasteiger partial charge on any atom is 2.00 e. The minimum absolute atomic E-state index is 0. The van der Waals surface area contributed by atoms with Crippen LogP contribution in [0.2, 0.25) is 0 Å². The zero-order chi connectivity index (χ0) is 41.7. The van der Waals surface area contributed by atoms with Crippen LogP contribution < -0.4 is 9.97 Å². The molecule has 7 aromatic rings. The molecule has 0 saturated heterocycles. The molecule has 5 heterocycles. The summed E-state index contributed by atoms with van der Waals surface area (Å²) < 4.78 is 0. The maximum absolute atomic E-state index is 9.44. The number of hydrogen-bond donors (Lipinski definition) is 0. The van der Waals surface area contributed by atoms with E-state index in [9.17, 15) is 10.5 Å². The van der Waals surface area contributed by atoms with E-state index in [1.807, 2.05) is 24.3 Å². The molecule has 290 valence electrons. The molecule has 2 aliphatic heterocycles. The van der Waals surface area contributed by atoms with Gasteiger partial charge >= 0.3 is 19.5 Å². The number of nitrogens with zero attached hydrogens (tertiary/aromatic N) is 6. The van der Waals surface area contributed by atoms with Gasteiger partial charge in [0.15, 0.2) is 0 Å². The molecule has 0 aliphatic carbocycles. The molecule has 8 bridgehead atoms. The number of rotatable bonds is 6. The zero-order valence-corrected chi connectivity index (χ0v) is 38.3. The van der Waals surface area contributed by atoms with Crippen LogP contribution in [0.5, 0.6) is 0 Å². The van der Waals surface area contributed by atoms with E-state index < -0.39 is 0 Å². The van der Waals surface area contributed by atoms with Gasteiger partial charge in [-0.2, -0.15) is 10.5 Å². The van der Waals surface area contributed by atoms with E-state index >= 15 is 0 Å². The molecule has 0 radical (unpaired) electrons. The van der Waals surface area contributed by atoms with Crippen LogP contribution in [-0.2, 0) is 32.3 Å². The molecule has 7 heteroatoms. The van der Waals surface area contributed by atoms with Crippen molar-refractivity contribution in [3.05, 3.63) is 164 Å². The Kier molecular flexibility index (Phi) is 11.1. The van der Waals surface area contributed by atoms with Crippen molar-refractivity contribution in [3.8, 4) is 56.6 Å². The molecular weight excluding hydrogens is 798 g/mol. The standard InChI is InChI=1S/C54H42N6.Zn/c1-31-27-33(3)49(34(4)28-31)53-45-19-15-41(57-45)51(39-11-7-37(8-12-39)23-25-55)43-17-21-47(59-43)54(50-35(5)29-32(2)30-36(50)6)48-22-18-44(60-48)52(42-16-20-46(53)58-42)40-13-9-38(10-14-40)24-26-56;/h7-22,27-30H,23-24H2,1-6H3;/q-2;+2. The van der Waals surface area contributed by atoms with Crippen LogP contribution >= 0.6 is 0 Å². The minimum atomic E-state index is 0. The summed E-state index contributed by atoms with van der Waals surface area (Å²) in [5, 5.41) is 18.9. The van der Waals surface area contributed by atoms with E-state index in [1.54, 1.807) is 0 Å². The van der Waals surface area contributed by atoms with Gasteiger partial charge in [0.1, 0.15) is 0 Å². The molecular formula is C54H42N6Zn. The van der Waals surface area contributed by atoms with Crippen molar-refractivity contribution in [1.29, 1.82) is 10.5 Å². The van der Waals surface area contributed by atoms with Gasteiger partial charge in [0.05, 0.1) is 47.8 Å². The van der Waals surface area contributed by atoms with Gasteiger partial charge in [-0.3, -0.25) is 0 Å². The summed E-state index contributed by atoms with van der Waals surface area (Å²) in [7, 11) is 0. The van der Waals surface area contributed by atoms with Crippen molar-refractivity contribution in [3.63, 3.8) is 0 Å². The van der Waals surface area contributed by atoms with E-state index in [4.69, 9.17) is 19.9 Å². The summed E-state index contributed by atoms with van der Waals surface area (Å²) in [6.07, 6.45) is 9.05. The van der Waals surface area contributed by atoms with Crippen molar-refractivity contribution in [2.75, 3.05) is 0 Å². The van der Waals surface area contributed by atoms with E-state index in [0.29, 0.717) is 12.8 Å². The Morgan fingerprint density at radius 3 is 1.02 bits per heavy atom. The van der Waals surface area contributed by atoms with Gasteiger partial charge in [-0.15, -0.1) is 22.1 Å². The fraction of sp³-hybridized carbons (Fsp3) is 0.148. The molecule has 0 amide bonds. The molecule has 9 rings (SSSR count). The number of hydrogen-bond acceptors (Lipinski definition) is 4. The van der Waals surface area contributed by atoms with Crippen molar-refractivity contribution in [2.45, 2.75) is 54.4 Å². The number of aromatic nitrogens is 4. The molecule has 61 heavy (non-hydrogen) atoms. The molecule has 4 aromatic carbocycles. The summed E-state index contributed by atoms with van der Waals surface area (Å²) >= 11 is 0. The minimum Gasteiger partial charge on any atom is -0.657 e. The second-order valence-electron chi connectivity index (χ2n) is 16.0. The maximum atomic E-state index is 9.44. The topological polar surface area (TPSA) is 102 Å². The Balaban J connectivity index is 0.00000514. The van der Waals surface area contributed by atoms with Gasteiger partial charge < -0.3 is 9.97 Å². The summed E-state index contributed by atoms with van der Waals surface area (Å²) in [6, 6.07) is 38.2. The van der Waals surface area contributed by atoms with Crippen LogP contribution in [-0.4, -0.2) is 9.97 Å². The van der Waals surface area contributed by atoms with Crippen molar-refractivity contribution < 1.29 is 19.5 Å². The quantitative estimate of drug-likeness (QED) is 0.155.